The summed E-state index contributed by atoms with van der Waals surface area (Å²) in [6.07, 6.45) is 5.56. The van der Waals surface area contributed by atoms with Gasteiger partial charge in [0.05, 0.1) is 13.2 Å². The number of rotatable bonds is 2. The standard InChI is InChI=1S/C17H17N2OS/c1-20-14-8-5-13(6-9-14)7-10-17-19-12-16(21-17)15-4-2-3-11-18-15/h5-6,8-9,12,15H,2-4,11H2,1H3. The third-order valence-corrected chi connectivity index (χ3v) is 4.50. The van der Waals surface area contributed by atoms with Gasteiger partial charge < -0.3 is 4.74 Å². The Hall–Kier alpha value is -1.83. The zero-order valence-corrected chi connectivity index (χ0v) is 12.8. The van der Waals surface area contributed by atoms with Crippen molar-refractivity contribution in [3.8, 4) is 17.6 Å². The van der Waals surface area contributed by atoms with Crippen molar-refractivity contribution < 1.29 is 4.74 Å². The van der Waals surface area contributed by atoms with Crippen LogP contribution in [0.2, 0.25) is 0 Å². The van der Waals surface area contributed by atoms with E-state index in [9.17, 15) is 0 Å². The predicted octanol–water partition coefficient (Wildman–Crippen LogP) is 3.38. The van der Waals surface area contributed by atoms with E-state index in [0.717, 1.165) is 29.3 Å². The number of aromatic nitrogens is 1. The number of nitrogens with zero attached hydrogens (tertiary/aromatic N) is 2. The molecule has 0 bridgehead atoms. The molecule has 2 heterocycles. The molecular weight excluding hydrogens is 280 g/mol. The fourth-order valence-corrected chi connectivity index (χ4v) is 3.18. The Labute approximate surface area is 129 Å². The number of thiazole rings is 1. The molecule has 3 nitrogen and oxygen atoms in total. The summed E-state index contributed by atoms with van der Waals surface area (Å²) >= 11 is 1.66. The molecule has 1 unspecified atom stereocenters. The first-order chi connectivity index (χ1) is 10.3. The van der Waals surface area contributed by atoms with Crippen molar-refractivity contribution in [1.82, 2.24) is 10.3 Å². The van der Waals surface area contributed by atoms with Gasteiger partial charge in [-0.15, -0.1) is 11.3 Å². The van der Waals surface area contributed by atoms with Crippen LogP contribution in [-0.4, -0.2) is 18.6 Å². The predicted molar refractivity (Wildman–Crippen MR) is 84.7 cm³/mol. The molecular formula is C17H17N2OS. The molecule has 0 spiro atoms. The van der Waals surface area contributed by atoms with Crippen molar-refractivity contribution >= 4 is 11.3 Å². The Morgan fingerprint density at radius 3 is 2.76 bits per heavy atom. The van der Waals surface area contributed by atoms with E-state index in [-0.39, 0.29) is 0 Å². The minimum atomic E-state index is 0.341. The van der Waals surface area contributed by atoms with Crippen molar-refractivity contribution in [3.05, 3.63) is 45.9 Å². The first kappa shape index (κ1) is 14.1. The van der Waals surface area contributed by atoms with Gasteiger partial charge in [-0.05, 0) is 43.0 Å². The number of hydrogen-bond acceptors (Lipinski definition) is 3. The summed E-state index contributed by atoms with van der Waals surface area (Å²) in [6, 6.07) is 8.08. The van der Waals surface area contributed by atoms with E-state index in [4.69, 9.17) is 4.74 Å². The first-order valence-electron chi connectivity index (χ1n) is 7.13. The van der Waals surface area contributed by atoms with E-state index in [1.165, 1.54) is 17.7 Å². The van der Waals surface area contributed by atoms with Gasteiger partial charge in [0, 0.05) is 23.2 Å². The maximum atomic E-state index is 5.13. The molecule has 1 atom stereocenters. The summed E-state index contributed by atoms with van der Waals surface area (Å²) in [5, 5.41) is 5.52. The highest BCUT2D eigenvalue weighted by atomic mass is 32.1. The lowest BCUT2D eigenvalue weighted by molar-refractivity contribution is 0.408. The minimum Gasteiger partial charge on any atom is -0.497 e. The molecule has 0 amide bonds. The lowest BCUT2D eigenvalue weighted by Gasteiger charge is -2.19. The molecule has 1 aromatic heterocycles. The number of hydrogen-bond donors (Lipinski definition) is 0. The zero-order chi connectivity index (χ0) is 14.5. The molecule has 1 aromatic carbocycles. The second-order valence-corrected chi connectivity index (χ2v) is 6.03. The first-order valence-corrected chi connectivity index (χ1v) is 7.95. The van der Waals surface area contributed by atoms with Crippen LogP contribution in [0.3, 0.4) is 0 Å². The van der Waals surface area contributed by atoms with Gasteiger partial charge in [0.2, 0.25) is 0 Å². The van der Waals surface area contributed by atoms with Crippen molar-refractivity contribution in [2.24, 2.45) is 0 Å². The van der Waals surface area contributed by atoms with Crippen LogP contribution in [0.1, 0.15) is 40.8 Å². The summed E-state index contributed by atoms with van der Waals surface area (Å²) in [6.45, 7) is 0.982. The van der Waals surface area contributed by atoms with Crippen molar-refractivity contribution in [3.63, 3.8) is 0 Å². The normalized spacial score (nSPS) is 17.9. The molecule has 0 saturated carbocycles. The van der Waals surface area contributed by atoms with E-state index in [1.807, 2.05) is 30.5 Å². The van der Waals surface area contributed by atoms with E-state index in [0.29, 0.717) is 6.04 Å². The topological polar surface area (TPSA) is 36.2 Å². The molecule has 1 fully saturated rings. The monoisotopic (exact) mass is 297 g/mol. The van der Waals surface area contributed by atoms with Crippen LogP contribution in [0.25, 0.3) is 0 Å². The highest BCUT2D eigenvalue weighted by Gasteiger charge is 2.18. The maximum absolute atomic E-state index is 5.13. The Balaban J connectivity index is 1.70. The van der Waals surface area contributed by atoms with E-state index in [2.05, 4.69) is 22.1 Å². The van der Waals surface area contributed by atoms with Gasteiger partial charge in [0.1, 0.15) is 5.75 Å². The van der Waals surface area contributed by atoms with E-state index < -0.39 is 0 Å². The Morgan fingerprint density at radius 1 is 1.19 bits per heavy atom. The summed E-state index contributed by atoms with van der Waals surface area (Å²) in [5.74, 6) is 7.12. The molecule has 4 heteroatoms. The lowest BCUT2D eigenvalue weighted by Crippen LogP contribution is -2.19. The van der Waals surface area contributed by atoms with Gasteiger partial charge in [-0.3, -0.25) is 0 Å². The van der Waals surface area contributed by atoms with Gasteiger partial charge in [-0.25, -0.2) is 10.3 Å². The molecule has 21 heavy (non-hydrogen) atoms. The molecule has 1 saturated heterocycles. The van der Waals surface area contributed by atoms with Crippen LogP contribution >= 0.6 is 11.3 Å². The van der Waals surface area contributed by atoms with Gasteiger partial charge in [0.25, 0.3) is 0 Å². The molecule has 0 aliphatic carbocycles. The number of piperidine rings is 1. The summed E-state index contributed by atoms with van der Waals surface area (Å²) in [7, 11) is 1.66. The third-order valence-electron chi connectivity index (χ3n) is 3.49. The average Bonchev–Trinajstić information content (AvgIpc) is 3.03. The highest BCUT2D eigenvalue weighted by Crippen LogP contribution is 2.28. The molecule has 0 N–H and O–H groups in total. The van der Waals surface area contributed by atoms with Crippen LogP contribution in [-0.2, 0) is 0 Å². The zero-order valence-electron chi connectivity index (χ0n) is 12.0. The lowest BCUT2D eigenvalue weighted by atomic mass is 10.0. The molecule has 3 rings (SSSR count). The van der Waals surface area contributed by atoms with E-state index >= 15 is 0 Å². The Bertz CT molecular complexity index is 645. The van der Waals surface area contributed by atoms with Gasteiger partial charge in [-0.1, -0.05) is 12.3 Å². The van der Waals surface area contributed by atoms with Crippen LogP contribution in [0.5, 0.6) is 5.75 Å². The second kappa shape index (κ2) is 6.75. The molecule has 1 aliphatic rings. The highest BCUT2D eigenvalue weighted by molar-refractivity contribution is 7.12. The molecule has 2 aromatic rings. The Kier molecular flexibility index (Phi) is 4.54. The van der Waals surface area contributed by atoms with Crippen LogP contribution in [0.4, 0.5) is 0 Å². The van der Waals surface area contributed by atoms with Crippen molar-refractivity contribution in [2.75, 3.05) is 13.7 Å². The quantitative estimate of drug-likeness (QED) is 0.797. The second-order valence-electron chi connectivity index (χ2n) is 4.96. The maximum Gasteiger partial charge on any atom is 0.167 e. The molecule has 107 valence electrons. The van der Waals surface area contributed by atoms with Crippen LogP contribution in [0.15, 0.2) is 30.5 Å². The van der Waals surface area contributed by atoms with E-state index in [1.54, 1.807) is 18.4 Å². The van der Waals surface area contributed by atoms with Gasteiger partial charge >= 0.3 is 0 Å². The summed E-state index contributed by atoms with van der Waals surface area (Å²) in [4.78, 5) is 5.64. The smallest absolute Gasteiger partial charge is 0.167 e. The van der Waals surface area contributed by atoms with Gasteiger partial charge in [0.15, 0.2) is 5.01 Å². The average molecular weight is 297 g/mol. The van der Waals surface area contributed by atoms with Crippen molar-refractivity contribution in [1.29, 1.82) is 0 Å². The number of ether oxygens (including phenoxy) is 1. The minimum absolute atomic E-state index is 0.341. The molecule has 1 radical (unpaired) electrons. The van der Waals surface area contributed by atoms with Crippen LogP contribution in [0, 0.1) is 11.8 Å². The molecule has 1 aliphatic heterocycles. The Morgan fingerprint density at radius 2 is 2.05 bits per heavy atom. The summed E-state index contributed by atoms with van der Waals surface area (Å²) in [5.41, 5.74) is 0.968. The SMILES string of the molecule is COc1ccc(C#Cc2ncc(C3CCCC[N]3)s2)cc1. The number of methoxy groups -OCH3 is 1. The fourth-order valence-electron chi connectivity index (χ4n) is 2.32. The summed E-state index contributed by atoms with van der Waals surface area (Å²) < 4.78 is 5.13. The third kappa shape index (κ3) is 3.63. The van der Waals surface area contributed by atoms with Gasteiger partial charge in [-0.2, -0.15) is 0 Å². The number of benzene rings is 1. The van der Waals surface area contributed by atoms with Crippen LogP contribution < -0.4 is 10.1 Å². The largest absolute Gasteiger partial charge is 0.497 e. The fraction of sp³-hybridized carbons (Fsp3) is 0.353. The van der Waals surface area contributed by atoms with Crippen molar-refractivity contribution in [2.45, 2.75) is 25.3 Å².